The van der Waals surface area contributed by atoms with Crippen molar-refractivity contribution in [3.8, 4) is 17.1 Å². The number of aromatic amines is 2. The van der Waals surface area contributed by atoms with Crippen molar-refractivity contribution >= 4 is 16.7 Å². The summed E-state index contributed by atoms with van der Waals surface area (Å²) in [4.78, 5) is 27.9. The highest BCUT2D eigenvalue weighted by molar-refractivity contribution is 5.86. The largest absolute Gasteiger partial charge is 0.396 e. The average Bonchev–Trinajstić information content (AvgIpc) is 3.50. The van der Waals surface area contributed by atoms with Gasteiger partial charge in [-0.05, 0) is 42.7 Å². The number of rotatable bonds is 7. The summed E-state index contributed by atoms with van der Waals surface area (Å²) in [5, 5.41) is 13.1. The van der Waals surface area contributed by atoms with Gasteiger partial charge < -0.3 is 25.0 Å². The zero-order valence-corrected chi connectivity index (χ0v) is 18.1. The normalized spacial score (nSPS) is 12.2. The second-order valence-corrected chi connectivity index (χ2v) is 7.93. The molecule has 0 saturated carbocycles. The van der Waals surface area contributed by atoms with Crippen LogP contribution in [0.15, 0.2) is 78.2 Å². The van der Waals surface area contributed by atoms with Gasteiger partial charge in [-0.15, -0.1) is 0 Å². The lowest BCUT2D eigenvalue weighted by molar-refractivity contribution is 0.280. The molecule has 3 aromatic heterocycles. The molecule has 0 aliphatic heterocycles. The molecule has 4 N–H and O–H groups in total. The van der Waals surface area contributed by atoms with Crippen LogP contribution in [0.3, 0.4) is 0 Å². The Kier molecular flexibility index (Phi) is 5.50. The SMILES string of the molecule is Cc1cc(-n2ccnc2)cc2[nH]c(-c3c(N[C@H](CCO)c4ccccc4)cc[nH]c3=O)nc12. The van der Waals surface area contributed by atoms with Gasteiger partial charge in [0.2, 0.25) is 0 Å². The molecule has 5 rings (SSSR count). The Morgan fingerprint density at radius 3 is 2.79 bits per heavy atom. The fourth-order valence-electron chi connectivity index (χ4n) is 4.11. The van der Waals surface area contributed by atoms with Gasteiger partial charge in [-0.1, -0.05) is 30.3 Å². The molecule has 0 radical (unpaired) electrons. The van der Waals surface area contributed by atoms with Crippen molar-refractivity contribution in [3.63, 3.8) is 0 Å². The van der Waals surface area contributed by atoms with Gasteiger partial charge in [-0.3, -0.25) is 4.79 Å². The molecular weight excluding hydrogens is 416 g/mol. The van der Waals surface area contributed by atoms with Crippen molar-refractivity contribution in [2.75, 3.05) is 11.9 Å². The van der Waals surface area contributed by atoms with Crippen LogP contribution in [0.5, 0.6) is 0 Å². The van der Waals surface area contributed by atoms with Crippen LogP contribution >= 0.6 is 0 Å². The number of benzene rings is 2. The molecule has 0 aliphatic carbocycles. The fourth-order valence-corrected chi connectivity index (χ4v) is 4.11. The molecular formula is C25H24N6O2. The predicted octanol–water partition coefficient (Wildman–Crippen LogP) is 3.95. The van der Waals surface area contributed by atoms with Gasteiger partial charge in [0, 0.05) is 30.9 Å². The minimum absolute atomic E-state index is 0.0198. The van der Waals surface area contributed by atoms with Crippen LogP contribution in [0.4, 0.5) is 5.69 Å². The second kappa shape index (κ2) is 8.76. The third-order valence-electron chi connectivity index (χ3n) is 5.71. The number of anilines is 1. The number of aryl methyl sites for hydroxylation is 1. The summed E-state index contributed by atoms with van der Waals surface area (Å²) in [7, 11) is 0. The van der Waals surface area contributed by atoms with Crippen molar-refractivity contribution in [3.05, 3.63) is 94.9 Å². The van der Waals surface area contributed by atoms with E-state index in [1.54, 1.807) is 18.7 Å². The molecule has 0 bridgehead atoms. The van der Waals surface area contributed by atoms with Crippen molar-refractivity contribution < 1.29 is 5.11 Å². The highest BCUT2D eigenvalue weighted by Gasteiger charge is 2.19. The molecule has 3 heterocycles. The molecule has 1 atom stereocenters. The van der Waals surface area contributed by atoms with E-state index in [4.69, 9.17) is 4.98 Å². The van der Waals surface area contributed by atoms with Crippen LogP contribution in [0.1, 0.15) is 23.6 Å². The quantitative estimate of drug-likeness (QED) is 0.306. The zero-order valence-electron chi connectivity index (χ0n) is 18.1. The third-order valence-corrected chi connectivity index (χ3v) is 5.71. The zero-order chi connectivity index (χ0) is 22.8. The standard InChI is InChI=1S/C25H24N6O2/c1-16-13-18(31-11-10-26-15-31)14-21-23(16)30-24(29-21)22-20(7-9-27-25(22)33)28-19(8-12-32)17-5-3-2-4-6-17/h2-7,9-11,13-15,19,32H,8,12H2,1H3,(H,29,30)(H2,27,28,33)/t19-/m1/s1. The predicted molar refractivity (Wildman–Crippen MR) is 129 cm³/mol. The van der Waals surface area contributed by atoms with E-state index in [9.17, 15) is 9.90 Å². The third kappa shape index (κ3) is 4.04. The smallest absolute Gasteiger partial charge is 0.261 e. The van der Waals surface area contributed by atoms with E-state index in [0.29, 0.717) is 23.5 Å². The van der Waals surface area contributed by atoms with E-state index in [-0.39, 0.29) is 18.2 Å². The number of nitrogens with one attached hydrogen (secondary N) is 3. The molecule has 8 nitrogen and oxygen atoms in total. The highest BCUT2D eigenvalue weighted by Crippen LogP contribution is 2.30. The molecule has 0 unspecified atom stereocenters. The Morgan fingerprint density at radius 2 is 2.03 bits per heavy atom. The van der Waals surface area contributed by atoms with Crippen LogP contribution < -0.4 is 10.9 Å². The number of hydrogen-bond donors (Lipinski definition) is 4. The van der Waals surface area contributed by atoms with E-state index in [2.05, 4.69) is 20.3 Å². The first-order valence-electron chi connectivity index (χ1n) is 10.8. The van der Waals surface area contributed by atoms with E-state index in [1.807, 2.05) is 66.2 Å². The summed E-state index contributed by atoms with van der Waals surface area (Å²) >= 11 is 0. The lowest BCUT2D eigenvalue weighted by Gasteiger charge is -2.21. The summed E-state index contributed by atoms with van der Waals surface area (Å²) < 4.78 is 1.93. The number of aliphatic hydroxyl groups excluding tert-OH is 1. The van der Waals surface area contributed by atoms with Gasteiger partial charge in [0.1, 0.15) is 11.4 Å². The molecule has 0 aliphatic rings. The maximum Gasteiger partial charge on any atom is 0.261 e. The summed E-state index contributed by atoms with van der Waals surface area (Å²) in [5.74, 6) is 0.482. The van der Waals surface area contributed by atoms with Crippen molar-refractivity contribution in [1.82, 2.24) is 24.5 Å². The van der Waals surface area contributed by atoms with Gasteiger partial charge in [0.15, 0.2) is 0 Å². The molecule has 0 amide bonds. The molecule has 5 aromatic rings. The molecule has 166 valence electrons. The van der Waals surface area contributed by atoms with Gasteiger partial charge in [0.05, 0.1) is 29.1 Å². The van der Waals surface area contributed by atoms with Crippen molar-refractivity contribution in [2.45, 2.75) is 19.4 Å². The molecule has 33 heavy (non-hydrogen) atoms. The van der Waals surface area contributed by atoms with Gasteiger partial charge in [-0.2, -0.15) is 0 Å². The van der Waals surface area contributed by atoms with Crippen LogP contribution in [0, 0.1) is 6.92 Å². The number of fused-ring (bicyclic) bond motifs is 1. The number of pyridine rings is 1. The Labute approximate surface area is 190 Å². The molecule has 2 aromatic carbocycles. The minimum Gasteiger partial charge on any atom is -0.396 e. The van der Waals surface area contributed by atoms with E-state index in [0.717, 1.165) is 27.8 Å². The maximum absolute atomic E-state index is 12.9. The Bertz CT molecular complexity index is 1440. The Balaban J connectivity index is 1.58. The van der Waals surface area contributed by atoms with Crippen molar-refractivity contribution in [2.24, 2.45) is 0 Å². The Hall–Kier alpha value is -4.17. The number of imidazole rings is 2. The lowest BCUT2D eigenvalue weighted by Crippen LogP contribution is -2.17. The van der Waals surface area contributed by atoms with Gasteiger partial charge in [0.25, 0.3) is 5.56 Å². The first-order valence-corrected chi connectivity index (χ1v) is 10.8. The maximum atomic E-state index is 12.9. The van der Waals surface area contributed by atoms with Crippen LogP contribution in [-0.4, -0.2) is 36.2 Å². The molecule has 0 fully saturated rings. The summed E-state index contributed by atoms with van der Waals surface area (Å²) in [6.45, 7) is 2.01. The molecule has 0 saturated heterocycles. The number of nitrogens with zero attached hydrogens (tertiary/aromatic N) is 3. The van der Waals surface area contributed by atoms with Gasteiger partial charge >= 0.3 is 0 Å². The molecule has 8 heteroatoms. The lowest BCUT2D eigenvalue weighted by atomic mass is 10.0. The second-order valence-electron chi connectivity index (χ2n) is 7.93. The fraction of sp³-hybridized carbons (Fsp3) is 0.160. The first kappa shape index (κ1) is 20.7. The average molecular weight is 441 g/mol. The number of aromatic nitrogens is 5. The number of aliphatic hydroxyl groups is 1. The van der Waals surface area contributed by atoms with E-state index >= 15 is 0 Å². The minimum atomic E-state index is -0.248. The van der Waals surface area contributed by atoms with Crippen molar-refractivity contribution in [1.29, 1.82) is 0 Å². The first-order chi connectivity index (χ1) is 16.1. The van der Waals surface area contributed by atoms with E-state index < -0.39 is 0 Å². The summed E-state index contributed by atoms with van der Waals surface area (Å²) in [6.07, 6.45) is 7.47. The number of hydrogen-bond acceptors (Lipinski definition) is 5. The number of H-pyrrole nitrogens is 2. The van der Waals surface area contributed by atoms with Crippen LogP contribution in [0.2, 0.25) is 0 Å². The van der Waals surface area contributed by atoms with Crippen LogP contribution in [-0.2, 0) is 0 Å². The summed E-state index contributed by atoms with van der Waals surface area (Å²) in [5.41, 5.74) is 5.44. The topological polar surface area (TPSA) is 112 Å². The van der Waals surface area contributed by atoms with E-state index in [1.165, 1.54) is 0 Å². The Morgan fingerprint density at radius 1 is 1.18 bits per heavy atom. The molecule has 0 spiro atoms. The van der Waals surface area contributed by atoms with Gasteiger partial charge in [-0.25, -0.2) is 9.97 Å². The monoisotopic (exact) mass is 440 g/mol. The highest BCUT2D eigenvalue weighted by atomic mass is 16.3. The summed E-state index contributed by atoms with van der Waals surface area (Å²) in [6, 6.07) is 15.6. The van der Waals surface area contributed by atoms with Crippen LogP contribution in [0.25, 0.3) is 28.1 Å².